The number of aromatic nitrogens is 2. The summed E-state index contributed by atoms with van der Waals surface area (Å²) in [4.78, 5) is 15.3. The van der Waals surface area contributed by atoms with Crippen molar-refractivity contribution in [3.05, 3.63) is 177 Å². The summed E-state index contributed by atoms with van der Waals surface area (Å²) < 4.78 is 300. The second-order valence-corrected chi connectivity index (χ2v) is 12.4. The van der Waals surface area contributed by atoms with Crippen molar-refractivity contribution in [2.24, 2.45) is 0 Å². The Balaban J connectivity index is 0.000000355. The molecule has 0 spiro atoms. The molecule has 6 rings (SSSR count). The Hall–Kier alpha value is -6.69. The van der Waals surface area contributed by atoms with Crippen LogP contribution in [0.15, 0.2) is 48.9 Å². The minimum Gasteiger partial charge on any atom is -0.464 e. The van der Waals surface area contributed by atoms with Crippen molar-refractivity contribution in [1.82, 2.24) is 4.98 Å². The van der Waals surface area contributed by atoms with Gasteiger partial charge in [-0.25, -0.2) is 97.6 Å². The molecule has 0 radical (unpaired) electrons. The van der Waals surface area contributed by atoms with E-state index in [1.807, 2.05) is 41.1 Å². The third-order valence-electron chi connectivity index (χ3n) is 9.07. The topological polar surface area (TPSA) is 43.1 Å². The van der Waals surface area contributed by atoms with Crippen molar-refractivity contribution in [2.45, 2.75) is 6.54 Å². The molecule has 326 valence electrons. The number of esters is 1. The molecule has 1 aromatic heterocycles. The van der Waals surface area contributed by atoms with Gasteiger partial charge in [-0.05, 0) is 0 Å². The van der Waals surface area contributed by atoms with Crippen molar-refractivity contribution in [1.29, 1.82) is 0 Å². The molecular formula is C37H13BF20N2O2. The van der Waals surface area contributed by atoms with Gasteiger partial charge in [-0.3, -0.25) is 0 Å². The molecule has 25 heteroatoms. The lowest BCUT2D eigenvalue weighted by Gasteiger charge is -2.44. The summed E-state index contributed by atoms with van der Waals surface area (Å²) in [5.41, 5.74) is -12.9. The van der Waals surface area contributed by atoms with Gasteiger partial charge in [0, 0.05) is 5.56 Å². The Morgan fingerprint density at radius 1 is 0.468 bits per heavy atom. The van der Waals surface area contributed by atoms with Gasteiger partial charge in [0.1, 0.15) is 52.7 Å². The number of halogens is 20. The number of carbonyl (C=O) groups excluding carboxylic acids is 1. The van der Waals surface area contributed by atoms with Gasteiger partial charge in [0.15, 0.2) is 82.5 Å². The molecule has 0 aliphatic rings. The van der Waals surface area contributed by atoms with E-state index in [0.717, 1.165) is 0 Å². The van der Waals surface area contributed by atoms with Gasteiger partial charge < -0.3 is 4.74 Å². The van der Waals surface area contributed by atoms with Crippen LogP contribution >= 0.6 is 0 Å². The summed E-state index contributed by atoms with van der Waals surface area (Å²) in [5, 5.41) is 0. The molecule has 62 heavy (non-hydrogen) atoms. The first-order valence-electron chi connectivity index (χ1n) is 16.2. The Morgan fingerprint density at radius 3 is 1.02 bits per heavy atom. The fourth-order valence-electron chi connectivity index (χ4n) is 6.41. The van der Waals surface area contributed by atoms with Crippen LogP contribution in [0.3, 0.4) is 0 Å². The zero-order chi connectivity index (χ0) is 46.4. The van der Waals surface area contributed by atoms with Crippen LogP contribution in [0.5, 0.6) is 0 Å². The van der Waals surface area contributed by atoms with Crippen LogP contribution in [-0.2, 0) is 11.3 Å². The Kier molecular flexibility index (Phi) is 13.0. The minimum atomic E-state index is -7.22. The van der Waals surface area contributed by atoms with Crippen molar-refractivity contribution in [3.8, 4) is 0 Å². The third kappa shape index (κ3) is 7.31. The van der Waals surface area contributed by atoms with Gasteiger partial charge in [-0.2, -0.15) is 4.57 Å². The molecule has 0 atom stereocenters. The second-order valence-electron chi connectivity index (χ2n) is 12.4. The lowest BCUT2D eigenvalue weighted by molar-refractivity contribution is -0.689. The van der Waals surface area contributed by atoms with Gasteiger partial charge in [0.25, 0.3) is 0 Å². The van der Waals surface area contributed by atoms with Crippen molar-refractivity contribution in [3.63, 3.8) is 0 Å². The van der Waals surface area contributed by atoms with Crippen LogP contribution in [-0.4, -0.2) is 24.2 Å². The molecular weight excluding hydrogens is 895 g/mol. The third-order valence-corrected chi connectivity index (χ3v) is 9.07. The number of ether oxygens (including phenoxy) is 1. The predicted molar refractivity (Wildman–Crippen MR) is 171 cm³/mol. The molecule has 0 N–H and O–H groups in total. The maximum absolute atomic E-state index is 15.4. The lowest BCUT2D eigenvalue weighted by atomic mass is 9.12. The minimum absolute atomic E-state index is 0.311. The number of methoxy groups -OCH3 is 1. The monoisotopic (exact) mass is 908 g/mol. The van der Waals surface area contributed by atoms with Crippen LogP contribution in [0.1, 0.15) is 16.1 Å². The fraction of sp³-hybridized carbons (Fsp3) is 0.0541. The van der Waals surface area contributed by atoms with E-state index in [2.05, 4.69) is 9.72 Å². The van der Waals surface area contributed by atoms with E-state index in [1.54, 1.807) is 12.4 Å². The Bertz CT molecular complexity index is 2410. The van der Waals surface area contributed by atoms with Crippen molar-refractivity contribution >= 4 is 34.0 Å². The second kappa shape index (κ2) is 17.4. The highest BCUT2D eigenvalue weighted by atomic mass is 19.2. The number of rotatable bonds is 7. The Morgan fingerprint density at radius 2 is 0.742 bits per heavy atom. The first-order valence-corrected chi connectivity index (χ1v) is 16.2. The molecule has 1 heterocycles. The average molecular weight is 908 g/mol. The van der Waals surface area contributed by atoms with Crippen molar-refractivity contribution in [2.75, 3.05) is 7.11 Å². The summed E-state index contributed by atoms with van der Waals surface area (Å²) in [5.74, 6) is -71.8. The molecule has 0 fully saturated rings. The van der Waals surface area contributed by atoms with E-state index >= 15 is 35.1 Å². The van der Waals surface area contributed by atoms with Gasteiger partial charge in [-0.1, -0.05) is 30.3 Å². The summed E-state index contributed by atoms with van der Waals surface area (Å²) >= 11 is 0. The molecule has 0 aliphatic carbocycles. The van der Waals surface area contributed by atoms with Gasteiger partial charge in [-0.15, -0.1) is 21.9 Å². The summed E-state index contributed by atoms with van der Waals surface area (Å²) in [6.07, 6.45) is -2.13. The summed E-state index contributed by atoms with van der Waals surface area (Å²) in [6, 6.07) is 10.0. The highest BCUT2D eigenvalue weighted by molar-refractivity contribution is 7.20. The van der Waals surface area contributed by atoms with Crippen molar-refractivity contribution < 1.29 is 102 Å². The van der Waals surface area contributed by atoms with E-state index in [9.17, 15) is 57.5 Å². The van der Waals surface area contributed by atoms with Crippen LogP contribution in [0.25, 0.3) is 0 Å². The molecule has 0 unspecified atom stereocenters. The van der Waals surface area contributed by atoms with Crippen LogP contribution < -0.4 is 26.4 Å². The largest absolute Gasteiger partial charge is 0.464 e. The van der Waals surface area contributed by atoms with Crippen LogP contribution in [0.4, 0.5) is 87.8 Å². The number of carbonyl (C=O) groups is 1. The predicted octanol–water partition coefficient (Wildman–Crippen LogP) is 7.05. The lowest BCUT2D eigenvalue weighted by Crippen LogP contribution is -2.81. The van der Waals surface area contributed by atoms with Gasteiger partial charge >= 0.3 is 5.97 Å². The Labute approximate surface area is 331 Å². The zero-order valence-corrected chi connectivity index (χ0v) is 29.7. The number of benzene rings is 5. The van der Waals surface area contributed by atoms with Crippen LogP contribution in [0.2, 0.25) is 0 Å². The van der Waals surface area contributed by atoms with E-state index < -0.39 is 150 Å². The maximum Gasteiger partial charge on any atom is 0.362 e. The number of hydrogen-bond donors (Lipinski definition) is 0. The van der Waals surface area contributed by atoms with Crippen LogP contribution in [0, 0.1) is 116 Å². The first-order chi connectivity index (χ1) is 29.0. The molecule has 0 amide bonds. The molecule has 0 saturated carbocycles. The van der Waals surface area contributed by atoms with Gasteiger partial charge in [0.2, 0.25) is 11.9 Å². The molecule has 4 nitrogen and oxygen atoms in total. The standard InChI is InChI=1S/C24BF20.C13H13N2O2/c26-5-1(6(27)14(35)21(42)13(5)34)25(2-7(28)15(36)22(43)16(37)8(2)29,3-9(30)17(38)23(44)18(39)10(3)31)4-11(32)19(40)24(45)20(41)12(4)33;1-17-13(16)12-10-15(8-7-14-12)9-11-5-3-2-4-6-11/h;2-8,10H,9H2,1H3/q-1;+1. The van der Waals surface area contributed by atoms with E-state index in [-0.39, 0.29) is 0 Å². The maximum atomic E-state index is 15.4. The fourth-order valence-corrected chi connectivity index (χ4v) is 6.41. The summed E-state index contributed by atoms with van der Waals surface area (Å²) in [7, 11) is 1.35. The molecule has 5 aromatic carbocycles. The van der Waals surface area contributed by atoms with E-state index in [4.69, 9.17) is 0 Å². The quantitative estimate of drug-likeness (QED) is 0.0431. The van der Waals surface area contributed by atoms with Gasteiger partial charge in [0.05, 0.1) is 13.3 Å². The highest BCUT2D eigenvalue weighted by Gasteiger charge is 2.52. The molecule has 0 aliphatic heterocycles. The number of hydrogen-bond acceptors (Lipinski definition) is 3. The smallest absolute Gasteiger partial charge is 0.362 e. The highest BCUT2D eigenvalue weighted by Crippen LogP contribution is 2.30. The zero-order valence-electron chi connectivity index (χ0n) is 29.7. The average Bonchev–Trinajstić information content (AvgIpc) is 3.26. The first kappa shape index (κ1) is 46.4. The van der Waals surface area contributed by atoms with E-state index in [0.29, 0.717) is 12.2 Å². The normalized spacial score (nSPS) is 11.4. The van der Waals surface area contributed by atoms with E-state index in [1.165, 1.54) is 12.7 Å². The molecule has 0 saturated heterocycles. The number of nitrogens with zero attached hydrogens (tertiary/aromatic N) is 2. The summed E-state index contributed by atoms with van der Waals surface area (Å²) in [6.45, 7) is 0.702. The molecule has 0 bridgehead atoms. The molecule has 6 aromatic rings. The SMILES string of the molecule is COC(=O)c1c[n+](Cc2ccccc2)ccn1.Fc1c(F)c(F)c([B-](c2c(F)c(F)c(F)c(F)c2F)(c2c(F)c(F)c(F)c(F)c2F)c2c(F)c(F)c(F)c(F)c2F)c(F)c1F.